The summed E-state index contributed by atoms with van der Waals surface area (Å²) >= 11 is 0. The van der Waals surface area contributed by atoms with E-state index >= 15 is 0 Å². The zero-order valence-corrected chi connectivity index (χ0v) is 21.4. The highest BCUT2D eigenvalue weighted by atomic mass is 32.2. The van der Waals surface area contributed by atoms with Crippen LogP contribution in [0.2, 0.25) is 0 Å². The molecule has 0 aromatic carbocycles. The van der Waals surface area contributed by atoms with E-state index in [1.165, 1.54) is 6.07 Å². The molecule has 3 aliphatic rings. The average molecular weight is 507 g/mol. The van der Waals surface area contributed by atoms with E-state index in [2.05, 4.69) is 15.6 Å². The standard InChI is InChI=1S/C25H35FN4O4S/c1-15(2)29-21-12-16(24(31)30-25(3)8-10-35(32,33)11-9-25)4-7-18(21)23(27)19-13-22(28-14-20(19)26)34-17-5-6-17/h13-17,27,29H,4-12H2,1-3H3,(H,30,31)/t16-/m1/s1. The van der Waals surface area contributed by atoms with Crippen LogP contribution in [0.3, 0.4) is 0 Å². The SMILES string of the molecule is CC(C)NC1=C(C(=N)c2cc(OC3CC3)ncc2F)CC[C@@H](C(=O)NC2(C)CCS(=O)(=O)CC2)C1. The van der Waals surface area contributed by atoms with Gasteiger partial charge in [0, 0.05) is 34.8 Å². The van der Waals surface area contributed by atoms with E-state index in [0.29, 0.717) is 43.6 Å². The van der Waals surface area contributed by atoms with Crippen LogP contribution in [-0.2, 0) is 14.6 Å². The minimum Gasteiger partial charge on any atom is -0.474 e. The van der Waals surface area contributed by atoms with Gasteiger partial charge in [0.05, 0.1) is 23.4 Å². The molecule has 0 spiro atoms. The molecule has 1 saturated heterocycles. The van der Waals surface area contributed by atoms with Crippen molar-refractivity contribution in [1.82, 2.24) is 15.6 Å². The van der Waals surface area contributed by atoms with Crippen LogP contribution >= 0.6 is 0 Å². The lowest BCUT2D eigenvalue weighted by atomic mass is 9.82. The first-order valence-electron chi connectivity index (χ1n) is 12.4. The maximum atomic E-state index is 14.7. The molecule has 1 aromatic rings. The molecule has 10 heteroatoms. The number of ether oxygens (including phenoxy) is 1. The third-order valence-electron chi connectivity index (χ3n) is 6.96. The van der Waals surface area contributed by atoms with Crippen LogP contribution in [0.15, 0.2) is 23.5 Å². The van der Waals surface area contributed by atoms with Crippen molar-refractivity contribution in [2.45, 2.75) is 83.4 Å². The Morgan fingerprint density at radius 2 is 1.94 bits per heavy atom. The number of carbonyl (C=O) groups is 1. The van der Waals surface area contributed by atoms with Crippen molar-refractivity contribution >= 4 is 21.5 Å². The fourth-order valence-corrected chi connectivity index (χ4v) is 6.37. The second-order valence-corrected chi connectivity index (χ2v) is 12.9. The highest BCUT2D eigenvalue weighted by Crippen LogP contribution is 2.34. The van der Waals surface area contributed by atoms with Crippen LogP contribution < -0.4 is 15.4 Å². The topological polar surface area (TPSA) is 121 Å². The number of halogens is 1. The molecule has 1 aromatic heterocycles. The number of aromatic nitrogens is 1. The van der Waals surface area contributed by atoms with Gasteiger partial charge in [-0.2, -0.15) is 0 Å². The molecule has 1 atom stereocenters. The van der Waals surface area contributed by atoms with Gasteiger partial charge in [-0.15, -0.1) is 0 Å². The second-order valence-electron chi connectivity index (χ2n) is 10.6. The Kier molecular flexibility index (Phi) is 7.22. The van der Waals surface area contributed by atoms with Crippen molar-refractivity contribution in [3.8, 4) is 5.88 Å². The third-order valence-corrected chi connectivity index (χ3v) is 8.61. The number of hydrogen-bond donors (Lipinski definition) is 3. The molecule has 192 valence electrons. The summed E-state index contributed by atoms with van der Waals surface area (Å²) < 4.78 is 44.0. The van der Waals surface area contributed by atoms with Gasteiger partial charge in [0.15, 0.2) is 5.82 Å². The van der Waals surface area contributed by atoms with E-state index < -0.39 is 21.2 Å². The summed E-state index contributed by atoms with van der Waals surface area (Å²) in [5, 5.41) is 15.3. The summed E-state index contributed by atoms with van der Waals surface area (Å²) in [6.07, 6.45) is 5.34. The molecule has 35 heavy (non-hydrogen) atoms. The Bertz CT molecular complexity index is 1130. The van der Waals surface area contributed by atoms with Gasteiger partial charge in [0.2, 0.25) is 11.8 Å². The van der Waals surface area contributed by atoms with Gasteiger partial charge >= 0.3 is 0 Å². The molecular formula is C25H35FN4O4S. The number of sulfone groups is 1. The van der Waals surface area contributed by atoms with E-state index in [9.17, 15) is 17.6 Å². The summed E-state index contributed by atoms with van der Waals surface area (Å²) in [5.74, 6) is -0.493. The summed E-state index contributed by atoms with van der Waals surface area (Å²) in [4.78, 5) is 17.2. The zero-order valence-electron chi connectivity index (χ0n) is 20.6. The Balaban J connectivity index is 1.51. The largest absolute Gasteiger partial charge is 0.474 e. The predicted octanol–water partition coefficient (Wildman–Crippen LogP) is 3.27. The zero-order chi connectivity index (χ0) is 25.4. The lowest BCUT2D eigenvalue weighted by Crippen LogP contribution is -2.53. The fourth-order valence-electron chi connectivity index (χ4n) is 4.64. The molecule has 2 aliphatic carbocycles. The molecular weight excluding hydrogens is 471 g/mol. The maximum absolute atomic E-state index is 14.7. The minimum absolute atomic E-state index is 0.0757. The number of rotatable bonds is 8. The Morgan fingerprint density at radius 1 is 1.26 bits per heavy atom. The van der Waals surface area contributed by atoms with Crippen LogP contribution in [0.4, 0.5) is 4.39 Å². The third kappa shape index (κ3) is 6.39. The Labute approximate surface area is 206 Å². The van der Waals surface area contributed by atoms with Crippen molar-refractivity contribution < 1.29 is 22.3 Å². The maximum Gasteiger partial charge on any atom is 0.223 e. The quantitative estimate of drug-likeness (QED) is 0.466. The summed E-state index contributed by atoms with van der Waals surface area (Å²) in [7, 11) is -3.03. The molecule has 2 heterocycles. The number of pyridine rings is 1. The highest BCUT2D eigenvalue weighted by molar-refractivity contribution is 7.91. The molecule has 0 radical (unpaired) electrons. The summed E-state index contributed by atoms with van der Waals surface area (Å²) in [6.45, 7) is 5.87. The minimum atomic E-state index is -3.03. The molecule has 3 N–H and O–H groups in total. The van der Waals surface area contributed by atoms with E-state index in [-0.39, 0.29) is 46.8 Å². The normalized spacial score (nSPS) is 23.6. The molecule has 8 nitrogen and oxygen atoms in total. The van der Waals surface area contributed by atoms with E-state index in [1.807, 2.05) is 20.8 Å². The average Bonchev–Trinajstić information content (AvgIpc) is 3.61. The number of nitrogens with one attached hydrogen (secondary N) is 3. The first kappa shape index (κ1) is 25.6. The van der Waals surface area contributed by atoms with Gasteiger partial charge in [-0.05, 0) is 71.3 Å². The van der Waals surface area contributed by atoms with Crippen molar-refractivity contribution in [3.63, 3.8) is 0 Å². The van der Waals surface area contributed by atoms with Crippen LogP contribution in [-0.4, -0.2) is 54.2 Å². The molecule has 1 saturated carbocycles. The van der Waals surface area contributed by atoms with E-state index in [1.54, 1.807) is 0 Å². The molecule has 0 bridgehead atoms. The predicted molar refractivity (Wildman–Crippen MR) is 132 cm³/mol. The molecule has 1 amide bonds. The lowest BCUT2D eigenvalue weighted by molar-refractivity contribution is -0.127. The van der Waals surface area contributed by atoms with Crippen LogP contribution in [0, 0.1) is 17.1 Å². The summed E-state index contributed by atoms with van der Waals surface area (Å²) in [6, 6.07) is 1.57. The number of allylic oxidation sites excluding steroid dienone is 2. The number of carbonyl (C=O) groups excluding carboxylic acids is 1. The monoisotopic (exact) mass is 506 g/mol. The van der Waals surface area contributed by atoms with Crippen LogP contribution in [0.25, 0.3) is 0 Å². The van der Waals surface area contributed by atoms with Gasteiger partial charge in [0.25, 0.3) is 0 Å². The highest BCUT2D eigenvalue weighted by Gasteiger charge is 2.37. The van der Waals surface area contributed by atoms with Gasteiger partial charge in [-0.3, -0.25) is 10.2 Å². The first-order valence-corrected chi connectivity index (χ1v) is 14.2. The van der Waals surface area contributed by atoms with Crippen LogP contribution in [0.1, 0.15) is 71.3 Å². The van der Waals surface area contributed by atoms with Crippen molar-refractivity contribution in [1.29, 1.82) is 5.41 Å². The Hall–Kier alpha value is -2.49. The van der Waals surface area contributed by atoms with E-state index in [0.717, 1.165) is 24.7 Å². The van der Waals surface area contributed by atoms with Crippen molar-refractivity contribution in [2.24, 2.45) is 5.92 Å². The van der Waals surface area contributed by atoms with E-state index in [4.69, 9.17) is 10.1 Å². The van der Waals surface area contributed by atoms with Crippen molar-refractivity contribution in [2.75, 3.05) is 11.5 Å². The number of hydrogen-bond acceptors (Lipinski definition) is 7. The van der Waals surface area contributed by atoms with Gasteiger partial charge in [-0.25, -0.2) is 17.8 Å². The van der Waals surface area contributed by atoms with Gasteiger partial charge in [0.1, 0.15) is 15.9 Å². The Morgan fingerprint density at radius 3 is 2.57 bits per heavy atom. The lowest BCUT2D eigenvalue weighted by Gasteiger charge is -2.37. The van der Waals surface area contributed by atoms with Gasteiger partial charge in [-0.1, -0.05) is 0 Å². The molecule has 2 fully saturated rings. The fraction of sp³-hybridized carbons (Fsp3) is 0.640. The molecule has 0 unspecified atom stereocenters. The molecule has 1 aliphatic heterocycles. The molecule has 4 rings (SSSR count). The number of nitrogens with zero attached hydrogens (tertiary/aromatic N) is 1. The van der Waals surface area contributed by atoms with Crippen LogP contribution in [0.5, 0.6) is 5.88 Å². The van der Waals surface area contributed by atoms with Gasteiger partial charge < -0.3 is 15.4 Å². The second kappa shape index (κ2) is 9.87. The summed E-state index contributed by atoms with van der Waals surface area (Å²) in [5.41, 5.74) is 1.15. The smallest absolute Gasteiger partial charge is 0.223 e. The van der Waals surface area contributed by atoms with Crippen molar-refractivity contribution in [3.05, 3.63) is 34.9 Å². The first-order chi connectivity index (χ1) is 16.4. The number of amides is 1.